The van der Waals surface area contributed by atoms with Crippen LogP contribution in [0.25, 0.3) is 20.4 Å². The topological polar surface area (TPSA) is 74.6 Å². The molecule has 1 aliphatic rings. The molecule has 0 radical (unpaired) electrons. The van der Waals surface area contributed by atoms with Crippen molar-refractivity contribution in [3.8, 4) is 0 Å². The number of aliphatic hydroxyl groups is 1. The second kappa shape index (κ2) is 6.70. The third-order valence-corrected chi connectivity index (χ3v) is 5.59. The van der Waals surface area contributed by atoms with Gasteiger partial charge in [-0.25, -0.2) is 15.0 Å². The van der Waals surface area contributed by atoms with Gasteiger partial charge in [-0.1, -0.05) is 0 Å². The molecule has 0 bridgehead atoms. The Morgan fingerprint density at radius 2 is 2.12 bits per heavy atom. The molecule has 0 amide bonds. The highest BCUT2D eigenvalue weighted by atomic mass is 32.1. The summed E-state index contributed by atoms with van der Waals surface area (Å²) >= 11 is 1.62. The molecule has 25 heavy (non-hydrogen) atoms. The molecule has 3 aromatic heterocycles. The van der Waals surface area contributed by atoms with E-state index in [1.165, 1.54) is 5.56 Å². The maximum Gasteiger partial charge on any atom is 0.149 e. The Hall–Kier alpha value is -2.03. The zero-order valence-corrected chi connectivity index (χ0v) is 15.2. The highest BCUT2D eigenvalue weighted by molar-refractivity contribution is 7.26. The van der Waals surface area contributed by atoms with Gasteiger partial charge < -0.3 is 19.6 Å². The number of likely N-dealkylation sites (N-methyl/N-ethyl adjacent to an activating group) is 1. The van der Waals surface area contributed by atoms with E-state index in [-0.39, 0.29) is 6.61 Å². The normalized spacial score (nSPS) is 15.2. The molecular formula is C17H21N5O2S. The molecular weight excluding hydrogens is 338 g/mol. The largest absolute Gasteiger partial charge is 0.395 e. The van der Waals surface area contributed by atoms with Crippen LogP contribution in [0, 0.1) is 6.92 Å². The standard InChI is InChI=1S/C17H21N5O2S/c1-11-9-12(22-4-7-24-8-5-22)20-17-13(11)14-15(25-17)16(19-10-18-14)21(2)3-6-23/h9-10,23H,3-8H2,1-2H3. The van der Waals surface area contributed by atoms with Gasteiger partial charge in [-0.3, -0.25) is 0 Å². The van der Waals surface area contributed by atoms with Crippen molar-refractivity contribution in [2.45, 2.75) is 6.92 Å². The van der Waals surface area contributed by atoms with E-state index in [2.05, 4.69) is 27.9 Å². The smallest absolute Gasteiger partial charge is 0.149 e. The Labute approximate surface area is 149 Å². The van der Waals surface area contributed by atoms with Gasteiger partial charge in [0.25, 0.3) is 0 Å². The Kier molecular flexibility index (Phi) is 4.41. The number of rotatable bonds is 4. The molecule has 0 aromatic carbocycles. The Balaban J connectivity index is 1.86. The van der Waals surface area contributed by atoms with Gasteiger partial charge in [0, 0.05) is 32.1 Å². The first-order chi connectivity index (χ1) is 12.2. The van der Waals surface area contributed by atoms with Crippen molar-refractivity contribution < 1.29 is 9.84 Å². The third-order valence-electron chi connectivity index (χ3n) is 4.52. The van der Waals surface area contributed by atoms with Gasteiger partial charge in [0.1, 0.15) is 22.8 Å². The Bertz CT molecular complexity index is 907. The van der Waals surface area contributed by atoms with E-state index in [1.54, 1.807) is 17.7 Å². The molecule has 0 atom stereocenters. The lowest BCUT2D eigenvalue weighted by Crippen LogP contribution is -2.36. The summed E-state index contributed by atoms with van der Waals surface area (Å²) in [6.07, 6.45) is 1.59. The van der Waals surface area contributed by atoms with E-state index in [1.807, 2.05) is 11.9 Å². The number of thiophene rings is 1. The maximum absolute atomic E-state index is 9.22. The molecule has 4 rings (SSSR count). The van der Waals surface area contributed by atoms with Crippen molar-refractivity contribution in [2.24, 2.45) is 0 Å². The molecule has 0 saturated carbocycles. The van der Waals surface area contributed by atoms with Crippen LogP contribution in [0.5, 0.6) is 0 Å². The van der Waals surface area contributed by atoms with Gasteiger partial charge in [-0.05, 0) is 18.6 Å². The van der Waals surface area contributed by atoms with E-state index in [0.717, 1.165) is 58.4 Å². The fraction of sp³-hybridized carbons (Fsp3) is 0.471. The van der Waals surface area contributed by atoms with Crippen LogP contribution in [0.3, 0.4) is 0 Å². The van der Waals surface area contributed by atoms with Gasteiger partial charge in [-0.15, -0.1) is 11.3 Å². The van der Waals surface area contributed by atoms with E-state index < -0.39 is 0 Å². The summed E-state index contributed by atoms with van der Waals surface area (Å²) in [4.78, 5) is 19.0. The summed E-state index contributed by atoms with van der Waals surface area (Å²) < 4.78 is 6.46. The molecule has 1 fully saturated rings. The van der Waals surface area contributed by atoms with Crippen molar-refractivity contribution in [2.75, 3.05) is 56.3 Å². The van der Waals surface area contributed by atoms with Crippen LogP contribution < -0.4 is 9.80 Å². The number of morpholine rings is 1. The molecule has 0 spiro atoms. The van der Waals surface area contributed by atoms with Crippen LogP contribution in [0.15, 0.2) is 12.4 Å². The van der Waals surface area contributed by atoms with E-state index >= 15 is 0 Å². The highest BCUT2D eigenvalue weighted by Crippen LogP contribution is 2.38. The van der Waals surface area contributed by atoms with Crippen molar-refractivity contribution in [1.82, 2.24) is 15.0 Å². The number of aliphatic hydroxyl groups excluding tert-OH is 1. The monoisotopic (exact) mass is 359 g/mol. The average Bonchev–Trinajstić information content (AvgIpc) is 3.01. The minimum absolute atomic E-state index is 0.0886. The number of ether oxygens (including phenoxy) is 1. The second-order valence-electron chi connectivity index (χ2n) is 6.20. The molecule has 132 valence electrons. The van der Waals surface area contributed by atoms with Crippen LogP contribution in [0.1, 0.15) is 5.56 Å². The number of pyridine rings is 1. The zero-order valence-electron chi connectivity index (χ0n) is 14.4. The zero-order chi connectivity index (χ0) is 17.4. The van der Waals surface area contributed by atoms with Gasteiger partial charge in [-0.2, -0.15) is 0 Å². The Morgan fingerprint density at radius 1 is 1.32 bits per heavy atom. The predicted octanol–water partition coefficient (Wildman–Crippen LogP) is 1.81. The first-order valence-electron chi connectivity index (χ1n) is 8.38. The summed E-state index contributed by atoms with van der Waals surface area (Å²) in [7, 11) is 1.93. The van der Waals surface area contributed by atoms with Gasteiger partial charge in [0.05, 0.1) is 30.0 Å². The van der Waals surface area contributed by atoms with Crippen LogP contribution in [0.4, 0.5) is 11.6 Å². The fourth-order valence-electron chi connectivity index (χ4n) is 3.20. The minimum Gasteiger partial charge on any atom is -0.395 e. The molecule has 0 aliphatic carbocycles. The van der Waals surface area contributed by atoms with Gasteiger partial charge in [0.15, 0.2) is 0 Å². The third kappa shape index (κ3) is 2.90. The minimum atomic E-state index is 0.0886. The molecule has 7 nitrogen and oxygen atoms in total. The molecule has 8 heteroatoms. The second-order valence-corrected chi connectivity index (χ2v) is 7.20. The van der Waals surface area contributed by atoms with Crippen molar-refractivity contribution >= 4 is 43.4 Å². The predicted molar refractivity (Wildman–Crippen MR) is 101 cm³/mol. The average molecular weight is 359 g/mol. The molecule has 0 unspecified atom stereocenters. The Morgan fingerprint density at radius 3 is 2.88 bits per heavy atom. The van der Waals surface area contributed by atoms with Crippen molar-refractivity contribution in [1.29, 1.82) is 0 Å². The van der Waals surface area contributed by atoms with Crippen LogP contribution in [0.2, 0.25) is 0 Å². The first-order valence-corrected chi connectivity index (χ1v) is 9.20. The SMILES string of the molecule is Cc1cc(N2CCOCC2)nc2sc3c(N(C)CCO)ncnc3c12. The lowest BCUT2D eigenvalue weighted by Gasteiger charge is -2.28. The maximum atomic E-state index is 9.22. The number of fused-ring (bicyclic) bond motifs is 3. The summed E-state index contributed by atoms with van der Waals surface area (Å²) in [5.74, 6) is 1.84. The summed E-state index contributed by atoms with van der Waals surface area (Å²) in [6, 6.07) is 2.14. The van der Waals surface area contributed by atoms with Crippen molar-refractivity contribution in [3.63, 3.8) is 0 Å². The quantitative estimate of drug-likeness (QED) is 0.761. The lowest BCUT2D eigenvalue weighted by molar-refractivity contribution is 0.122. The summed E-state index contributed by atoms with van der Waals surface area (Å²) in [5, 5.41) is 10.3. The van der Waals surface area contributed by atoms with E-state index in [9.17, 15) is 5.11 Å². The molecule has 1 saturated heterocycles. The number of anilines is 2. The van der Waals surface area contributed by atoms with Gasteiger partial charge >= 0.3 is 0 Å². The number of aryl methyl sites for hydroxylation is 1. The number of nitrogens with zero attached hydrogens (tertiary/aromatic N) is 5. The number of aromatic nitrogens is 3. The van der Waals surface area contributed by atoms with Crippen LogP contribution >= 0.6 is 11.3 Å². The highest BCUT2D eigenvalue weighted by Gasteiger charge is 2.19. The van der Waals surface area contributed by atoms with Crippen LogP contribution in [-0.4, -0.2) is 66.6 Å². The van der Waals surface area contributed by atoms with Crippen LogP contribution in [-0.2, 0) is 4.74 Å². The fourth-order valence-corrected chi connectivity index (χ4v) is 4.45. The van der Waals surface area contributed by atoms with E-state index in [0.29, 0.717) is 6.54 Å². The van der Waals surface area contributed by atoms with Gasteiger partial charge in [0.2, 0.25) is 0 Å². The number of hydrogen-bond donors (Lipinski definition) is 1. The first kappa shape index (κ1) is 16.4. The van der Waals surface area contributed by atoms with E-state index in [4.69, 9.17) is 9.72 Å². The summed E-state index contributed by atoms with van der Waals surface area (Å²) in [6.45, 7) is 5.95. The molecule has 4 heterocycles. The molecule has 3 aromatic rings. The summed E-state index contributed by atoms with van der Waals surface area (Å²) in [5.41, 5.74) is 2.11. The van der Waals surface area contributed by atoms with Crippen molar-refractivity contribution in [3.05, 3.63) is 18.0 Å². The number of hydrogen-bond acceptors (Lipinski definition) is 8. The molecule has 1 N–H and O–H groups in total. The lowest BCUT2D eigenvalue weighted by atomic mass is 10.1. The molecule has 1 aliphatic heterocycles.